The molecule has 22 heavy (non-hydrogen) atoms. The first-order valence-electron chi connectivity index (χ1n) is 6.39. The van der Waals surface area contributed by atoms with E-state index in [-0.39, 0.29) is 6.42 Å². The molecule has 0 aliphatic rings. The molecule has 0 saturated heterocycles. The van der Waals surface area contributed by atoms with Crippen LogP contribution in [0.2, 0.25) is 0 Å². The lowest BCUT2D eigenvalue weighted by Crippen LogP contribution is -2.49. The third kappa shape index (κ3) is 4.15. The van der Waals surface area contributed by atoms with E-state index >= 15 is 0 Å². The summed E-state index contributed by atoms with van der Waals surface area (Å²) in [6.07, 6.45) is -4.58. The van der Waals surface area contributed by atoms with Crippen LogP contribution >= 0.6 is 0 Å². The Morgan fingerprint density at radius 2 is 2.00 bits per heavy atom. The quantitative estimate of drug-likeness (QED) is 0.513. The van der Waals surface area contributed by atoms with Crippen molar-refractivity contribution in [3.05, 3.63) is 39.7 Å². The van der Waals surface area contributed by atoms with Crippen LogP contribution in [0.1, 0.15) is 30.6 Å². The van der Waals surface area contributed by atoms with Gasteiger partial charge < -0.3 is 5.32 Å². The lowest BCUT2D eigenvalue weighted by atomic mass is 9.98. The average molecular weight is 322 g/mol. The molecule has 1 aromatic rings. The van der Waals surface area contributed by atoms with E-state index in [1.54, 1.807) is 5.32 Å². The standard InChI is InChI=1S/C13H14F4N2O3/c1-3-7(2)11(13(15,16)17)18-12(20)9-6-8(14)4-5-10(9)19(21)22/h4-7,11H,3H2,1-2H3,(H,18,20)/t7-,11+/m1/s1. The van der Waals surface area contributed by atoms with Crippen molar-refractivity contribution < 1.29 is 27.3 Å². The zero-order valence-electron chi connectivity index (χ0n) is 11.8. The first-order valence-corrected chi connectivity index (χ1v) is 6.39. The van der Waals surface area contributed by atoms with Crippen LogP contribution < -0.4 is 5.32 Å². The van der Waals surface area contributed by atoms with Gasteiger partial charge in [-0.1, -0.05) is 20.3 Å². The number of carbonyl (C=O) groups is 1. The summed E-state index contributed by atoms with van der Waals surface area (Å²) < 4.78 is 52.0. The molecule has 0 spiro atoms. The molecule has 0 unspecified atom stereocenters. The summed E-state index contributed by atoms with van der Waals surface area (Å²) in [5.41, 5.74) is -1.51. The molecule has 1 amide bonds. The predicted octanol–water partition coefficient (Wildman–Crippen LogP) is 3.44. The first-order chi connectivity index (χ1) is 10.1. The van der Waals surface area contributed by atoms with Crippen molar-refractivity contribution in [1.82, 2.24) is 5.32 Å². The molecular formula is C13H14F4N2O3. The van der Waals surface area contributed by atoms with Crippen LogP contribution in [-0.4, -0.2) is 23.0 Å². The van der Waals surface area contributed by atoms with Gasteiger partial charge in [-0.25, -0.2) is 4.39 Å². The summed E-state index contributed by atoms with van der Waals surface area (Å²) in [6, 6.07) is -0.147. The number of amides is 1. The second kappa shape index (κ2) is 6.71. The van der Waals surface area contributed by atoms with Crippen molar-refractivity contribution in [1.29, 1.82) is 0 Å². The van der Waals surface area contributed by atoms with Gasteiger partial charge >= 0.3 is 6.18 Å². The Balaban J connectivity index is 3.15. The number of nitro benzene ring substituents is 1. The SMILES string of the molecule is CC[C@@H](C)[C@H](NC(=O)c1cc(F)ccc1[N+](=O)[O-])C(F)(F)F. The van der Waals surface area contributed by atoms with Gasteiger partial charge in [-0.2, -0.15) is 13.2 Å². The molecule has 0 radical (unpaired) electrons. The summed E-state index contributed by atoms with van der Waals surface area (Å²) in [7, 11) is 0. The number of hydrogen-bond acceptors (Lipinski definition) is 3. The highest BCUT2D eigenvalue weighted by atomic mass is 19.4. The highest BCUT2D eigenvalue weighted by Crippen LogP contribution is 2.28. The summed E-state index contributed by atoms with van der Waals surface area (Å²) in [6.45, 7) is 2.80. The minimum Gasteiger partial charge on any atom is -0.340 e. The van der Waals surface area contributed by atoms with E-state index in [0.29, 0.717) is 6.07 Å². The van der Waals surface area contributed by atoms with E-state index in [2.05, 4.69) is 0 Å². The fourth-order valence-electron chi connectivity index (χ4n) is 1.85. The molecule has 2 atom stereocenters. The first kappa shape index (κ1) is 17.9. The maximum absolute atomic E-state index is 13.1. The van der Waals surface area contributed by atoms with Gasteiger partial charge in [0.1, 0.15) is 17.4 Å². The van der Waals surface area contributed by atoms with Crippen molar-refractivity contribution >= 4 is 11.6 Å². The number of rotatable bonds is 5. The van der Waals surface area contributed by atoms with E-state index in [9.17, 15) is 32.5 Å². The molecular weight excluding hydrogens is 308 g/mol. The second-order valence-electron chi connectivity index (χ2n) is 4.80. The Morgan fingerprint density at radius 1 is 1.41 bits per heavy atom. The van der Waals surface area contributed by atoms with Gasteiger partial charge in [-0.15, -0.1) is 0 Å². The average Bonchev–Trinajstić information content (AvgIpc) is 2.41. The number of carbonyl (C=O) groups excluding carboxylic acids is 1. The normalized spacial score (nSPS) is 14.3. The highest BCUT2D eigenvalue weighted by Gasteiger charge is 2.44. The fraction of sp³-hybridized carbons (Fsp3) is 0.462. The van der Waals surface area contributed by atoms with Crippen LogP contribution in [0, 0.1) is 21.8 Å². The maximum Gasteiger partial charge on any atom is 0.408 e. The molecule has 1 aromatic carbocycles. The van der Waals surface area contributed by atoms with E-state index in [1.807, 2.05) is 0 Å². The Labute approximate surface area is 123 Å². The third-order valence-electron chi connectivity index (χ3n) is 3.25. The van der Waals surface area contributed by atoms with E-state index in [1.165, 1.54) is 13.8 Å². The van der Waals surface area contributed by atoms with Crippen LogP contribution in [-0.2, 0) is 0 Å². The number of nitro groups is 1. The van der Waals surface area contributed by atoms with Gasteiger partial charge in [-0.3, -0.25) is 14.9 Å². The monoisotopic (exact) mass is 322 g/mol. The molecule has 1 N–H and O–H groups in total. The van der Waals surface area contributed by atoms with Gasteiger partial charge in [0.05, 0.1) is 4.92 Å². The van der Waals surface area contributed by atoms with Crippen LogP contribution in [0.4, 0.5) is 23.2 Å². The van der Waals surface area contributed by atoms with Crippen LogP contribution in [0.3, 0.4) is 0 Å². The van der Waals surface area contributed by atoms with E-state index < -0.39 is 46.0 Å². The Morgan fingerprint density at radius 3 is 2.45 bits per heavy atom. The Bertz CT molecular complexity index is 575. The Kier molecular flexibility index (Phi) is 5.45. The van der Waals surface area contributed by atoms with E-state index in [4.69, 9.17) is 0 Å². The van der Waals surface area contributed by atoms with Crippen LogP contribution in [0.25, 0.3) is 0 Å². The van der Waals surface area contributed by atoms with Crippen molar-refractivity contribution in [2.24, 2.45) is 5.92 Å². The smallest absolute Gasteiger partial charge is 0.340 e. The molecule has 122 valence electrons. The zero-order valence-corrected chi connectivity index (χ0v) is 11.8. The molecule has 0 bridgehead atoms. The van der Waals surface area contributed by atoms with Crippen LogP contribution in [0.15, 0.2) is 18.2 Å². The molecule has 0 aliphatic heterocycles. The topological polar surface area (TPSA) is 72.2 Å². The predicted molar refractivity (Wildman–Crippen MR) is 69.8 cm³/mol. The lowest BCUT2D eigenvalue weighted by molar-refractivity contribution is -0.385. The highest BCUT2D eigenvalue weighted by molar-refractivity contribution is 5.98. The second-order valence-corrected chi connectivity index (χ2v) is 4.80. The Hall–Kier alpha value is -2.19. The maximum atomic E-state index is 13.1. The fourth-order valence-corrected chi connectivity index (χ4v) is 1.85. The molecule has 0 fully saturated rings. The number of hydrogen-bond donors (Lipinski definition) is 1. The van der Waals surface area contributed by atoms with Crippen molar-refractivity contribution in [2.75, 3.05) is 0 Å². The summed E-state index contributed by atoms with van der Waals surface area (Å²) in [4.78, 5) is 21.8. The molecule has 1 rings (SSSR count). The van der Waals surface area contributed by atoms with Crippen molar-refractivity contribution in [2.45, 2.75) is 32.5 Å². The van der Waals surface area contributed by atoms with Crippen molar-refractivity contribution in [3.63, 3.8) is 0 Å². The number of alkyl halides is 3. The number of halogens is 4. The molecule has 0 aliphatic carbocycles. The van der Waals surface area contributed by atoms with E-state index in [0.717, 1.165) is 12.1 Å². The number of nitrogens with zero attached hydrogens (tertiary/aromatic N) is 1. The number of benzene rings is 1. The molecule has 5 nitrogen and oxygen atoms in total. The molecule has 9 heteroatoms. The largest absolute Gasteiger partial charge is 0.408 e. The molecule has 0 saturated carbocycles. The molecule has 0 aromatic heterocycles. The van der Waals surface area contributed by atoms with Gasteiger partial charge in [0, 0.05) is 6.07 Å². The van der Waals surface area contributed by atoms with Crippen LogP contribution in [0.5, 0.6) is 0 Å². The zero-order chi connectivity index (χ0) is 17.1. The summed E-state index contributed by atoms with van der Waals surface area (Å²) in [5.74, 6) is -3.23. The van der Waals surface area contributed by atoms with Gasteiger partial charge in [0.25, 0.3) is 11.6 Å². The molecule has 0 heterocycles. The summed E-state index contributed by atoms with van der Waals surface area (Å²) in [5, 5.41) is 12.5. The summed E-state index contributed by atoms with van der Waals surface area (Å²) >= 11 is 0. The van der Waals surface area contributed by atoms with Gasteiger partial charge in [0.2, 0.25) is 0 Å². The van der Waals surface area contributed by atoms with Gasteiger partial charge in [-0.05, 0) is 18.1 Å². The number of nitrogens with one attached hydrogen (secondary N) is 1. The minimum absolute atomic E-state index is 0.135. The minimum atomic E-state index is -4.72. The lowest BCUT2D eigenvalue weighted by Gasteiger charge is -2.26. The third-order valence-corrected chi connectivity index (χ3v) is 3.25. The van der Waals surface area contributed by atoms with Gasteiger partial charge in [0.15, 0.2) is 0 Å². The van der Waals surface area contributed by atoms with Crippen molar-refractivity contribution in [3.8, 4) is 0 Å².